The molecule has 6 nitrogen and oxygen atoms in total. The molecule has 0 aliphatic heterocycles. The average Bonchev–Trinajstić information content (AvgIpc) is 2.61. The fourth-order valence-corrected chi connectivity index (χ4v) is 2.21. The van der Waals surface area contributed by atoms with E-state index in [0.29, 0.717) is 12.5 Å². The van der Waals surface area contributed by atoms with Gasteiger partial charge in [0.2, 0.25) is 5.95 Å². The average molecular weight is 320 g/mol. The molecule has 0 spiro atoms. The summed E-state index contributed by atoms with van der Waals surface area (Å²) in [6.45, 7) is 4.72. The van der Waals surface area contributed by atoms with Crippen molar-refractivity contribution in [2.24, 2.45) is 0 Å². The van der Waals surface area contributed by atoms with Crippen LogP contribution in [0.4, 0.5) is 11.8 Å². The molecule has 3 aromatic heterocycles. The van der Waals surface area contributed by atoms with Crippen LogP contribution in [0.5, 0.6) is 0 Å². The van der Waals surface area contributed by atoms with Crippen molar-refractivity contribution in [2.75, 3.05) is 10.6 Å². The highest BCUT2D eigenvalue weighted by Gasteiger charge is 2.08. The van der Waals surface area contributed by atoms with Gasteiger partial charge in [0.1, 0.15) is 5.82 Å². The number of anilines is 2. The highest BCUT2D eigenvalue weighted by atomic mass is 15.2. The first kappa shape index (κ1) is 15.9. The molecule has 0 radical (unpaired) electrons. The number of hydrogen-bond donors (Lipinski definition) is 2. The molecule has 3 heterocycles. The zero-order chi connectivity index (χ0) is 16.8. The molecule has 24 heavy (non-hydrogen) atoms. The summed E-state index contributed by atoms with van der Waals surface area (Å²) in [5.74, 6) is 1.36. The normalized spacial score (nSPS) is 10.6. The Bertz CT molecular complexity index is 774. The van der Waals surface area contributed by atoms with Crippen molar-refractivity contribution in [1.82, 2.24) is 19.9 Å². The Morgan fingerprint density at radius 2 is 1.83 bits per heavy atom. The standard InChI is InChI=1S/C18H20N6/c1-13(2)22-18-23-16(14-6-9-19-10-7-14)11-17(24-18)21-12-15-5-3-4-8-20-15/h3-11,13H,12H2,1-2H3,(H2,21,22,23,24). The van der Waals surface area contributed by atoms with Crippen LogP contribution in [0.25, 0.3) is 11.3 Å². The van der Waals surface area contributed by atoms with Gasteiger partial charge in [0.15, 0.2) is 0 Å². The monoisotopic (exact) mass is 320 g/mol. The number of nitrogens with one attached hydrogen (secondary N) is 2. The number of pyridine rings is 2. The lowest BCUT2D eigenvalue weighted by atomic mass is 10.2. The predicted octanol–water partition coefficient (Wildman–Crippen LogP) is 3.37. The van der Waals surface area contributed by atoms with Gasteiger partial charge in [-0.25, -0.2) is 4.98 Å². The predicted molar refractivity (Wildman–Crippen MR) is 95.6 cm³/mol. The van der Waals surface area contributed by atoms with Gasteiger partial charge in [0.05, 0.1) is 17.9 Å². The molecule has 3 rings (SSSR count). The summed E-state index contributed by atoms with van der Waals surface area (Å²) in [4.78, 5) is 17.5. The van der Waals surface area contributed by atoms with Crippen LogP contribution < -0.4 is 10.6 Å². The first-order valence-electron chi connectivity index (χ1n) is 7.90. The molecule has 0 unspecified atom stereocenters. The molecule has 0 fully saturated rings. The summed E-state index contributed by atoms with van der Waals surface area (Å²) in [6, 6.07) is 11.9. The van der Waals surface area contributed by atoms with E-state index >= 15 is 0 Å². The smallest absolute Gasteiger partial charge is 0.225 e. The zero-order valence-electron chi connectivity index (χ0n) is 13.8. The SMILES string of the molecule is CC(C)Nc1nc(NCc2ccccn2)cc(-c2ccncc2)n1. The topological polar surface area (TPSA) is 75.6 Å². The van der Waals surface area contributed by atoms with Gasteiger partial charge in [-0.2, -0.15) is 4.98 Å². The summed E-state index contributed by atoms with van der Waals surface area (Å²) in [6.07, 6.45) is 5.30. The molecule has 0 aliphatic carbocycles. The van der Waals surface area contributed by atoms with Gasteiger partial charge < -0.3 is 10.6 Å². The number of hydrogen-bond acceptors (Lipinski definition) is 6. The second kappa shape index (κ2) is 7.50. The van der Waals surface area contributed by atoms with Crippen LogP contribution in [-0.2, 0) is 6.54 Å². The maximum atomic E-state index is 4.59. The molecule has 0 saturated heterocycles. The van der Waals surface area contributed by atoms with Gasteiger partial charge in [-0.1, -0.05) is 6.07 Å². The van der Waals surface area contributed by atoms with E-state index in [1.807, 2.05) is 36.4 Å². The Labute approximate surface area is 141 Å². The van der Waals surface area contributed by atoms with E-state index < -0.39 is 0 Å². The second-order valence-corrected chi connectivity index (χ2v) is 5.67. The largest absolute Gasteiger partial charge is 0.364 e. The van der Waals surface area contributed by atoms with Crippen molar-refractivity contribution >= 4 is 11.8 Å². The lowest BCUT2D eigenvalue weighted by Gasteiger charge is -2.13. The quantitative estimate of drug-likeness (QED) is 0.725. The molecular formula is C18H20N6. The van der Waals surface area contributed by atoms with Crippen LogP contribution in [0.2, 0.25) is 0 Å². The van der Waals surface area contributed by atoms with E-state index in [0.717, 1.165) is 22.8 Å². The Morgan fingerprint density at radius 1 is 1.00 bits per heavy atom. The zero-order valence-corrected chi connectivity index (χ0v) is 13.8. The van der Waals surface area contributed by atoms with Crippen LogP contribution in [0.1, 0.15) is 19.5 Å². The molecule has 122 valence electrons. The van der Waals surface area contributed by atoms with Crippen molar-refractivity contribution in [1.29, 1.82) is 0 Å². The minimum atomic E-state index is 0.251. The van der Waals surface area contributed by atoms with Crippen LogP contribution in [0.3, 0.4) is 0 Å². The Kier molecular flexibility index (Phi) is 4.96. The van der Waals surface area contributed by atoms with E-state index in [1.165, 1.54) is 0 Å². The number of aromatic nitrogens is 4. The first-order chi connectivity index (χ1) is 11.7. The molecule has 0 aromatic carbocycles. The van der Waals surface area contributed by atoms with Crippen molar-refractivity contribution in [2.45, 2.75) is 26.4 Å². The lowest BCUT2D eigenvalue weighted by Crippen LogP contribution is -2.14. The van der Waals surface area contributed by atoms with Gasteiger partial charge in [-0.15, -0.1) is 0 Å². The third kappa shape index (κ3) is 4.25. The summed E-state index contributed by atoms with van der Waals surface area (Å²) >= 11 is 0. The summed E-state index contributed by atoms with van der Waals surface area (Å²) in [5, 5.41) is 6.58. The van der Waals surface area contributed by atoms with E-state index in [9.17, 15) is 0 Å². The third-order valence-electron chi connectivity index (χ3n) is 3.30. The van der Waals surface area contributed by atoms with Gasteiger partial charge in [-0.3, -0.25) is 9.97 Å². The van der Waals surface area contributed by atoms with E-state index in [2.05, 4.69) is 44.4 Å². The van der Waals surface area contributed by atoms with E-state index in [-0.39, 0.29) is 6.04 Å². The Hall–Kier alpha value is -3.02. The highest BCUT2D eigenvalue weighted by molar-refractivity contribution is 5.63. The Balaban J connectivity index is 1.87. The fraction of sp³-hybridized carbons (Fsp3) is 0.222. The first-order valence-corrected chi connectivity index (χ1v) is 7.90. The molecular weight excluding hydrogens is 300 g/mol. The van der Waals surface area contributed by atoms with Crippen molar-refractivity contribution in [3.8, 4) is 11.3 Å². The summed E-state index contributed by atoms with van der Waals surface area (Å²) < 4.78 is 0. The van der Waals surface area contributed by atoms with Crippen molar-refractivity contribution in [3.63, 3.8) is 0 Å². The third-order valence-corrected chi connectivity index (χ3v) is 3.30. The van der Waals surface area contributed by atoms with Crippen LogP contribution >= 0.6 is 0 Å². The van der Waals surface area contributed by atoms with Crippen LogP contribution in [0, 0.1) is 0 Å². The van der Waals surface area contributed by atoms with Crippen molar-refractivity contribution in [3.05, 3.63) is 60.7 Å². The number of nitrogens with zero attached hydrogens (tertiary/aromatic N) is 4. The van der Waals surface area contributed by atoms with Gasteiger partial charge in [-0.05, 0) is 38.1 Å². The van der Waals surface area contributed by atoms with Crippen molar-refractivity contribution < 1.29 is 0 Å². The molecule has 3 aromatic rings. The molecule has 2 N–H and O–H groups in total. The maximum Gasteiger partial charge on any atom is 0.225 e. The molecule has 0 amide bonds. The Morgan fingerprint density at radius 3 is 2.54 bits per heavy atom. The van der Waals surface area contributed by atoms with Gasteiger partial charge in [0, 0.05) is 36.3 Å². The second-order valence-electron chi connectivity index (χ2n) is 5.67. The molecule has 6 heteroatoms. The fourth-order valence-electron chi connectivity index (χ4n) is 2.21. The summed E-state index contributed by atoms with van der Waals surface area (Å²) in [7, 11) is 0. The van der Waals surface area contributed by atoms with E-state index in [1.54, 1.807) is 18.6 Å². The van der Waals surface area contributed by atoms with Gasteiger partial charge >= 0.3 is 0 Å². The molecule has 0 atom stereocenters. The van der Waals surface area contributed by atoms with Crippen LogP contribution in [0.15, 0.2) is 55.0 Å². The summed E-state index contributed by atoms with van der Waals surface area (Å²) in [5.41, 5.74) is 2.80. The van der Waals surface area contributed by atoms with Crippen LogP contribution in [-0.4, -0.2) is 26.0 Å². The maximum absolute atomic E-state index is 4.59. The van der Waals surface area contributed by atoms with Gasteiger partial charge in [0.25, 0.3) is 0 Å². The lowest BCUT2D eigenvalue weighted by molar-refractivity contribution is 0.874. The minimum Gasteiger partial charge on any atom is -0.364 e. The highest BCUT2D eigenvalue weighted by Crippen LogP contribution is 2.21. The number of rotatable bonds is 6. The minimum absolute atomic E-state index is 0.251. The molecule has 0 aliphatic rings. The molecule has 0 bridgehead atoms. The van der Waals surface area contributed by atoms with E-state index in [4.69, 9.17) is 0 Å². The molecule has 0 saturated carbocycles.